The molecule has 0 aromatic carbocycles. The molecule has 1 fully saturated rings. The Bertz CT molecular complexity index is 408. The van der Waals surface area contributed by atoms with Crippen molar-refractivity contribution in [3.8, 4) is 0 Å². The molecule has 1 unspecified atom stereocenters. The summed E-state index contributed by atoms with van der Waals surface area (Å²) in [5.74, 6) is 0.752. The normalized spacial score (nSPS) is 22.1. The standard InChI is InChI=1S/C18H36N4O2.HI/c1-7-14(4)20-18(19-12-17(23)22(5)6)21-15-8-10-16(11-9-15)24-13(2)3;/h13-16H,7-12H2,1-6H3,(H2,19,20,21);1H. The lowest BCUT2D eigenvalue weighted by molar-refractivity contribution is -0.127. The number of hydrogen-bond donors (Lipinski definition) is 2. The molecule has 0 bridgehead atoms. The average Bonchev–Trinajstić information content (AvgIpc) is 2.53. The summed E-state index contributed by atoms with van der Waals surface area (Å²) in [5, 5.41) is 6.89. The van der Waals surface area contributed by atoms with Gasteiger partial charge in [-0.3, -0.25) is 4.79 Å². The number of ether oxygens (including phenoxy) is 1. The van der Waals surface area contributed by atoms with Gasteiger partial charge in [0.1, 0.15) is 6.54 Å². The molecule has 148 valence electrons. The van der Waals surface area contributed by atoms with E-state index in [2.05, 4.69) is 43.3 Å². The third-order valence-electron chi connectivity index (χ3n) is 4.35. The molecular formula is C18H37IN4O2. The van der Waals surface area contributed by atoms with Crippen molar-refractivity contribution in [2.75, 3.05) is 20.6 Å². The van der Waals surface area contributed by atoms with Gasteiger partial charge in [-0.1, -0.05) is 6.92 Å². The van der Waals surface area contributed by atoms with E-state index in [0.29, 0.717) is 24.3 Å². The van der Waals surface area contributed by atoms with Gasteiger partial charge in [0, 0.05) is 26.2 Å². The molecule has 0 aromatic rings. The molecule has 1 rings (SSSR count). The molecule has 0 saturated heterocycles. The van der Waals surface area contributed by atoms with Crippen molar-refractivity contribution in [1.82, 2.24) is 15.5 Å². The quantitative estimate of drug-likeness (QED) is 0.343. The highest BCUT2D eigenvalue weighted by atomic mass is 127. The molecule has 2 N–H and O–H groups in total. The van der Waals surface area contributed by atoms with Crippen LogP contribution in [0.4, 0.5) is 0 Å². The molecule has 0 radical (unpaired) electrons. The predicted octanol–water partition coefficient (Wildman–Crippen LogP) is 2.76. The highest BCUT2D eigenvalue weighted by molar-refractivity contribution is 14.0. The number of aliphatic imine (C=N–C) groups is 1. The minimum Gasteiger partial charge on any atom is -0.376 e. The van der Waals surface area contributed by atoms with Gasteiger partial charge in [0.15, 0.2) is 5.96 Å². The van der Waals surface area contributed by atoms with E-state index in [0.717, 1.165) is 38.1 Å². The largest absolute Gasteiger partial charge is 0.376 e. The summed E-state index contributed by atoms with van der Waals surface area (Å²) in [4.78, 5) is 17.8. The zero-order valence-electron chi connectivity index (χ0n) is 16.7. The molecule has 0 aromatic heterocycles. The third kappa shape index (κ3) is 10.2. The summed E-state index contributed by atoms with van der Waals surface area (Å²) in [6.07, 6.45) is 5.96. The third-order valence-corrected chi connectivity index (χ3v) is 4.35. The first-order chi connectivity index (χ1) is 11.3. The van der Waals surface area contributed by atoms with E-state index in [1.54, 1.807) is 19.0 Å². The van der Waals surface area contributed by atoms with Crippen LogP contribution in [-0.2, 0) is 9.53 Å². The number of likely N-dealkylation sites (N-methyl/N-ethyl adjacent to an activating group) is 1. The van der Waals surface area contributed by atoms with Crippen LogP contribution in [-0.4, -0.2) is 61.7 Å². The maximum atomic E-state index is 11.8. The Balaban J connectivity index is 0.00000576. The van der Waals surface area contributed by atoms with Crippen molar-refractivity contribution in [1.29, 1.82) is 0 Å². The number of carbonyl (C=O) groups excluding carboxylic acids is 1. The minimum atomic E-state index is 0. The Kier molecular flexibility index (Phi) is 12.4. The second-order valence-corrected chi connectivity index (χ2v) is 7.21. The van der Waals surface area contributed by atoms with Crippen molar-refractivity contribution in [2.45, 2.75) is 84.1 Å². The summed E-state index contributed by atoms with van der Waals surface area (Å²) >= 11 is 0. The smallest absolute Gasteiger partial charge is 0.243 e. The molecular weight excluding hydrogens is 431 g/mol. The lowest BCUT2D eigenvalue weighted by Crippen LogP contribution is -2.48. The molecule has 25 heavy (non-hydrogen) atoms. The fraction of sp³-hybridized carbons (Fsp3) is 0.889. The second-order valence-electron chi connectivity index (χ2n) is 7.21. The maximum Gasteiger partial charge on any atom is 0.243 e. The van der Waals surface area contributed by atoms with Crippen LogP contribution in [0, 0.1) is 0 Å². The molecule has 1 amide bonds. The topological polar surface area (TPSA) is 66.0 Å². The summed E-state index contributed by atoms with van der Waals surface area (Å²) in [6, 6.07) is 0.716. The van der Waals surface area contributed by atoms with Gasteiger partial charge >= 0.3 is 0 Å². The number of nitrogens with one attached hydrogen (secondary N) is 2. The highest BCUT2D eigenvalue weighted by Crippen LogP contribution is 2.22. The molecule has 1 aliphatic rings. The van der Waals surface area contributed by atoms with Crippen LogP contribution in [0.3, 0.4) is 0 Å². The molecule has 1 aliphatic carbocycles. The lowest BCUT2D eigenvalue weighted by atomic mass is 9.93. The van der Waals surface area contributed by atoms with Crippen molar-refractivity contribution < 1.29 is 9.53 Å². The highest BCUT2D eigenvalue weighted by Gasteiger charge is 2.23. The first-order valence-electron chi connectivity index (χ1n) is 9.24. The minimum absolute atomic E-state index is 0. The molecule has 0 aliphatic heterocycles. The summed E-state index contributed by atoms with van der Waals surface area (Å²) in [7, 11) is 3.51. The molecule has 0 spiro atoms. The fourth-order valence-electron chi connectivity index (χ4n) is 2.68. The Morgan fingerprint density at radius 3 is 2.28 bits per heavy atom. The van der Waals surface area contributed by atoms with Crippen molar-refractivity contribution in [3.63, 3.8) is 0 Å². The van der Waals surface area contributed by atoms with Crippen LogP contribution in [0.15, 0.2) is 4.99 Å². The summed E-state index contributed by atoms with van der Waals surface area (Å²) in [5.41, 5.74) is 0. The number of rotatable bonds is 7. The Morgan fingerprint density at radius 2 is 1.80 bits per heavy atom. The predicted molar refractivity (Wildman–Crippen MR) is 115 cm³/mol. The van der Waals surface area contributed by atoms with E-state index in [1.165, 1.54) is 0 Å². The van der Waals surface area contributed by atoms with Crippen molar-refractivity contribution >= 4 is 35.8 Å². The number of hydrogen-bond acceptors (Lipinski definition) is 3. The number of guanidine groups is 1. The van der Waals surface area contributed by atoms with Gasteiger partial charge in [0.25, 0.3) is 0 Å². The van der Waals surface area contributed by atoms with Crippen molar-refractivity contribution in [3.05, 3.63) is 0 Å². The Hall–Kier alpha value is -0.570. The molecule has 0 heterocycles. The molecule has 1 saturated carbocycles. The number of halogens is 1. The average molecular weight is 468 g/mol. The van der Waals surface area contributed by atoms with Gasteiger partial charge in [-0.15, -0.1) is 24.0 Å². The van der Waals surface area contributed by atoms with E-state index in [-0.39, 0.29) is 36.4 Å². The maximum absolute atomic E-state index is 11.8. The second kappa shape index (κ2) is 12.7. The monoisotopic (exact) mass is 468 g/mol. The van der Waals surface area contributed by atoms with Gasteiger partial charge in [-0.2, -0.15) is 0 Å². The van der Waals surface area contributed by atoms with E-state index >= 15 is 0 Å². The number of nitrogens with zero attached hydrogens (tertiary/aromatic N) is 2. The van der Waals surface area contributed by atoms with E-state index in [4.69, 9.17) is 4.74 Å². The lowest BCUT2D eigenvalue weighted by Gasteiger charge is -2.31. The zero-order valence-corrected chi connectivity index (χ0v) is 19.0. The van der Waals surface area contributed by atoms with Crippen molar-refractivity contribution in [2.24, 2.45) is 4.99 Å². The van der Waals surface area contributed by atoms with E-state index in [1.807, 2.05) is 0 Å². The van der Waals surface area contributed by atoms with E-state index in [9.17, 15) is 4.79 Å². The van der Waals surface area contributed by atoms with E-state index < -0.39 is 0 Å². The number of carbonyl (C=O) groups is 1. The number of amides is 1. The van der Waals surface area contributed by atoms with Gasteiger partial charge in [0.05, 0.1) is 12.2 Å². The Morgan fingerprint density at radius 1 is 1.20 bits per heavy atom. The van der Waals surface area contributed by atoms with Crippen LogP contribution in [0.5, 0.6) is 0 Å². The van der Waals surface area contributed by atoms with Crippen LogP contribution in [0.1, 0.15) is 59.8 Å². The zero-order chi connectivity index (χ0) is 18.1. The van der Waals surface area contributed by atoms with Gasteiger partial charge < -0.3 is 20.3 Å². The van der Waals surface area contributed by atoms with Gasteiger partial charge in [0.2, 0.25) is 5.91 Å². The molecule has 6 nitrogen and oxygen atoms in total. The van der Waals surface area contributed by atoms with Crippen LogP contribution in [0.25, 0.3) is 0 Å². The Labute approximate surface area is 170 Å². The van der Waals surface area contributed by atoms with Gasteiger partial charge in [-0.05, 0) is 52.9 Å². The first kappa shape index (κ1) is 24.4. The molecule has 7 heteroatoms. The van der Waals surface area contributed by atoms with Crippen LogP contribution < -0.4 is 10.6 Å². The summed E-state index contributed by atoms with van der Waals surface area (Å²) < 4.78 is 5.91. The first-order valence-corrected chi connectivity index (χ1v) is 9.24. The SMILES string of the molecule is CCC(C)NC(=NCC(=O)N(C)C)NC1CCC(OC(C)C)CC1.I. The summed E-state index contributed by atoms with van der Waals surface area (Å²) in [6.45, 7) is 8.61. The van der Waals surface area contributed by atoms with Crippen LogP contribution >= 0.6 is 24.0 Å². The van der Waals surface area contributed by atoms with Crippen LogP contribution in [0.2, 0.25) is 0 Å². The van der Waals surface area contributed by atoms with Gasteiger partial charge in [-0.25, -0.2) is 4.99 Å². The molecule has 1 atom stereocenters. The fourth-order valence-corrected chi connectivity index (χ4v) is 2.68.